The number of ether oxygens (including phenoxy) is 3. The number of fused-ring (bicyclic) bond motifs is 1. The Labute approximate surface area is 137 Å². The van der Waals surface area contributed by atoms with Gasteiger partial charge < -0.3 is 19.5 Å². The maximum absolute atomic E-state index is 12.3. The van der Waals surface area contributed by atoms with Gasteiger partial charge in [0, 0.05) is 0 Å². The van der Waals surface area contributed by atoms with Crippen molar-refractivity contribution in [1.29, 1.82) is 0 Å². The van der Waals surface area contributed by atoms with Crippen molar-refractivity contribution in [2.45, 2.75) is 12.8 Å². The summed E-state index contributed by atoms with van der Waals surface area (Å²) in [5, 5.41) is 2.66. The van der Waals surface area contributed by atoms with Crippen molar-refractivity contribution < 1.29 is 23.8 Å². The van der Waals surface area contributed by atoms with Gasteiger partial charge in [-0.1, -0.05) is 6.07 Å². The van der Waals surface area contributed by atoms with Gasteiger partial charge in [-0.05, 0) is 24.6 Å². The van der Waals surface area contributed by atoms with Crippen LogP contribution in [0.5, 0.6) is 11.5 Å². The molecule has 1 aromatic carbocycles. The van der Waals surface area contributed by atoms with Crippen molar-refractivity contribution in [1.82, 2.24) is 9.97 Å². The lowest BCUT2D eigenvalue weighted by Gasteiger charge is -2.12. The summed E-state index contributed by atoms with van der Waals surface area (Å²) >= 11 is 0. The van der Waals surface area contributed by atoms with Crippen LogP contribution in [0.2, 0.25) is 0 Å². The molecule has 3 rings (SSSR count). The number of methoxy groups -OCH3 is 1. The predicted octanol–water partition coefficient (Wildman–Crippen LogP) is 1.73. The molecule has 0 spiro atoms. The average Bonchev–Trinajstić information content (AvgIpc) is 3.08. The molecule has 0 bridgehead atoms. The van der Waals surface area contributed by atoms with E-state index in [1.54, 1.807) is 19.1 Å². The third-order valence-electron chi connectivity index (χ3n) is 3.59. The molecule has 24 heavy (non-hydrogen) atoms. The number of anilines is 1. The van der Waals surface area contributed by atoms with Crippen LogP contribution in [0.25, 0.3) is 0 Å². The Kier molecular flexibility index (Phi) is 4.28. The Bertz CT molecular complexity index is 776. The number of benzene rings is 1. The molecule has 0 aliphatic carbocycles. The lowest BCUT2D eigenvalue weighted by atomic mass is 10.00. The van der Waals surface area contributed by atoms with E-state index in [1.165, 1.54) is 19.5 Å². The molecule has 1 aliphatic heterocycles. The SMILES string of the molecule is COC(=O)c1cnc(NC(=O)C(C)c2ccc3c(c2)OCO3)cn1. The number of amides is 1. The van der Waals surface area contributed by atoms with Crippen LogP contribution in [-0.2, 0) is 9.53 Å². The Morgan fingerprint density at radius 2 is 2.00 bits per heavy atom. The number of rotatable bonds is 4. The van der Waals surface area contributed by atoms with Crippen molar-refractivity contribution in [2.24, 2.45) is 0 Å². The second-order valence-corrected chi connectivity index (χ2v) is 5.10. The largest absolute Gasteiger partial charge is 0.464 e. The first kappa shape index (κ1) is 15.7. The second kappa shape index (κ2) is 6.53. The van der Waals surface area contributed by atoms with Crippen LogP contribution >= 0.6 is 0 Å². The molecule has 124 valence electrons. The van der Waals surface area contributed by atoms with Crippen LogP contribution in [0.4, 0.5) is 5.82 Å². The highest BCUT2D eigenvalue weighted by Crippen LogP contribution is 2.34. The monoisotopic (exact) mass is 329 g/mol. The fourth-order valence-electron chi connectivity index (χ4n) is 2.17. The Morgan fingerprint density at radius 1 is 1.21 bits per heavy atom. The molecular weight excluding hydrogens is 314 g/mol. The molecule has 2 heterocycles. The maximum atomic E-state index is 12.3. The fraction of sp³-hybridized carbons (Fsp3) is 0.250. The number of carbonyl (C=O) groups excluding carboxylic acids is 2. The molecule has 1 aliphatic rings. The van der Waals surface area contributed by atoms with E-state index < -0.39 is 11.9 Å². The van der Waals surface area contributed by atoms with E-state index in [-0.39, 0.29) is 24.2 Å². The lowest BCUT2D eigenvalue weighted by Crippen LogP contribution is -2.20. The van der Waals surface area contributed by atoms with Gasteiger partial charge in [-0.3, -0.25) is 4.79 Å². The highest BCUT2D eigenvalue weighted by molar-refractivity contribution is 5.95. The van der Waals surface area contributed by atoms with Gasteiger partial charge in [0.15, 0.2) is 23.0 Å². The summed E-state index contributed by atoms with van der Waals surface area (Å²) in [7, 11) is 1.26. The Morgan fingerprint density at radius 3 is 2.71 bits per heavy atom. The van der Waals surface area contributed by atoms with E-state index in [4.69, 9.17) is 9.47 Å². The molecular formula is C16H15N3O5. The molecule has 1 atom stereocenters. The van der Waals surface area contributed by atoms with Crippen LogP contribution in [0.3, 0.4) is 0 Å². The second-order valence-electron chi connectivity index (χ2n) is 5.10. The summed E-state index contributed by atoms with van der Waals surface area (Å²) in [6.07, 6.45) is 2.54. The topological polar surface area (TPSA) is 99.6 Å². The highest BCUT2D eigenvalue weighted by atomic mass is 16.7. The van der Waals surface area contributed by atoms with Gasteiger partial charge in [0.05, 0.1) is 25.4 Å². The van der Waals surface area contributed by atoms with Crippen LogP contribution in [0.1, 0.15) is 28.9 Å². The lowest BCUT2D eigenvalue weighted by molar-refractivity contribution is -0.117. The first-order valence-electron chi connectivity index (χ1n) is 7.19. The van der Waals surface area contributed by atoms with Gasteiger partial charge in [0.2, 0.25) is 12.7 Å². The zero-order valence-corrected chi connectivity index (χ0v) is 13.1. The number of nitrogens with one attached hydrogen (secondary N) is 1. The Balaban J connectivity index is 1.69. The fourth-order valence-corrected chi connectivity index (χ4v) is 2.17. The quantitative estimate of drug-likeness (QED) is 0.853. The van der Waals surface area contributed by atoms with Crippen LogP contribution in [0, 0.1) is 0 Å². The predicted molar refractivity (Wildman–Crippen MR) is 83.0 cm³/mol. The average molecular weight is 329 g/mol. The van der Waals surface area contributed by atoms with E-state index in [0.717, 1.165) is 5.56 Å². The van der Waals surface area contributed by atoms with E-state index >= 15 is 0 Å². The van der Waals surface area contributed by atoms with E-state index in [1.807, 2.05) is 6.07 Å². The van der Waals surface area contributed by atoms with Gasteiger partial charge in [0.1, 0.15) is 0 Å². The molecule has 1 N–H and O–H groups in total. The van der Waals surface area contributed by atoms with Crippen molar-refractivity contribution >= 4 is 17.7 Å². The van der Waals surface area contributed by atoms with Crippen molar-refractivity contribution in [3.05, 3.63) is 41.9 Å². The summed E-state index contributed by atoms with van der Waals surface area (Å²) in [5.74, 6) is 0.259. The molecule has 8 nitrogen and oxygen atoms in total. The molecule has 0 saturated carbocycles. The zero-order valence-electron chi connectivity index (χ0n) is 13.1. The molecule has 1 unspecified atom stereocenters. The van der Waals surface area contributed by atoms with E-state index in [2.05, 4.69) is 20.0 Å². The molecule has 0 saturated heterocycles. The minimum absolute atomic E-state index is 0.0688. The zero-order chi connectivity index (χ0) is 17.1. The summed E-state index contributed by atoms with van der Waals surface area (Å²) in [4.78, 5) is 31.5. The van der Waals surface area contributed by atoms with Gasteiger partial charge in [-0.2, -0.15) is 0 Å². The summed E-state index contributed by atoms with van der Waals surface area (Å²) in [5.41, 5.74) is 0.857. The molecule has 0 radical (unpaired) electrons. The molecule has 1 amide bonds. The third kappa shape index (κ3) is 3.12. The number of aromatic nitrogens is 2. The number of hydrogen-bond donors (Lipinski definition) is 1. The maximum Gasteiger partial charge on any atom is 0.358 e. The number of carbonyl (C=O) groups is 2. The van der Waals surface area contributed by atoms with Crippen LogP contribution in [0.15, 0.2) is 30.6 Å². The third-order valence-corrected chi connectivity index (χ3v) is 3.59. The normalized spacial score (nSPS) is 13.2. The number of nitrogens with zero attached hydrogens (tertiary/aromatic N) is 2. The van der Waals surface area contributed by atoms with Crippen molar-refractivity contribution in [3.63, 3.8) is 0 Å². The minimum atomic E-state index is -0.589. The van der Waals surface area contributed by atoms with Gasteiger partial charge in [-0.25, -0.2) is 14.8 Å². The summed E-state index contributed by atoms with van der Waals surface area (Å²) in [6.45, 7) is 1.95. The minimum Gasteiger partial charge on any atom is -0.464 e. The summed E-state index contributed by atoms with van der Waals surface area (Å²) in [6, 6.07) is 5.36. The van der Waals surface area contributed by atoms with Crippen LogP contribution < -0.4 is 14.8 Å². The van der Waals surface area contributed by atoms with Crippen molar-refractivity contribution in [2.75, 3.05) is 19.2 Å². The van der Waals surface area contributed by atoms with E-state index in [9.17, 15) is 9.59 Å². The number of esters is 1. The Hall–Kier alpha value is -3.16. The van der Waals surface area contributed by atoms with Gasteiger partial charge >= 0.3 is 5.97 Å². The number of hydrogen-bond acceptors (Lipinski definition) is 7. The van der Waals surface area contributed by atoms with Gasteiger partial charge in [0.25, 0.3) is 0 Å². The molecule has 1 aromatic heterocycles. The molecule has 2 aromatic rings. The molecule has 8 heteroatoms. The van der Waals surface area contributed by atoms with Crippen LogP contribution in [-0.4, -0.2) is 35.7 Å². The first-order chi connectivity index (χ1) is 11.6. The van der Waals surface area contributed by atoms with Crippen molar-refractivity contribution in [3.8, 4) is 11.5 Å². The van der Waals surface area contributed by atoms with Gasteiger partial charge in [-0.15, -0.1) is 0 Å². The summed E-state index contributed by atoms with van der Waals surface area (Å²) < 4.78 is 15.1. The first-order valence-corrected chi connectivity index (χ1v) is 7.19. The smallest absolute Gasteiger partial charge is 0.358 e. The highest BCUT2D eigenvalue weighted by Gasteiger charge is 2.20. The standard InChI is InChI=1S/C16H15N3O5/c1-9(10-3-4-12-13(5-10)24-8-23-12)15(20)19-14-7-17-11(6-18-14)16(21)22-2/h3-7,9H,8H2,1-2H3,(H,18,19,20). The van der Waals surface area contributed by atoms with E-state index in [0.29, 0.717) is 11.5 Å². The molecule has 0 fully saturated rings.